The number of carbonyl (C=O) groups excluding carboxylic acids is 2. The molecule has 1 aliphatic rings. The van der Waals surface area contributed by atoms with Gasteiger partial charge in [-0.3, -0.25) is 4.79 Å². The summed E-state index contributed by atoms with van der Waals surface area (Å²) in [7, 11) is 0. The van der Waals surface area contributed by atoms with Gasteiger partial charge in [-0.2, -0.15) is 0 Å². The van der Waals surface area contributed by atoms with Crippen molar-refractivity contribution in [2.45, 2.75) is 31.7 Å². The van der Waals surface area contributed by atoms with E-state index in [4.69, 9.17) is 4.74 Å². The largest absolute Gasteiger partial charge is 0.451 e. The van der Waals surface area contributed by atoms with Crippen molar-refractivity contribution >= 4 is 34.6 Å². The molecule has 0 bridgehead atoms. The van der Waals surface area contributed by atoms with E-state index >= 15 is 0 Å². The van der Waals surface area contributed by atoms with Crippen LogP contribution in [0.1, 0.15) is 36.2 Å². The SMILES string of the molecule is O=C(COC(=O)c1csc(-c2cccs2)n1)NC1CCCC1. The predicted octanol–water partition coefficient (Wildman–Crippen LogP) is 3.09. The van der Waals surface area contributed by atoms with Gasteiger partial charge in [-0.1, -0.05) is 18.9 Å². The molecule has 116 valence electrons. The summed E-state index contributed by atoms with van der Waals surface area (Å²) >= 11 is 2.96. The molecule has 2 aromatic rings. The number of amides is 1. The Bertz CT molecular complexity index is 646. The lowest BCUT2D eigenvalue weighted by Gasteiger charge is -2.11. The monoisotopic (exact) mass is 336 g/mol. The van der Waals surface area contributed by atoms with Crippen LogP contribution in [0.25, 0.3) is 9.88 Å². The van der Waals surface area contributed by atoms with E-state index in [2.05, 4.69) is 10.3 Å². The summed E-state index contributed by atoms with van der Waals surface area (Å²) in [5.41, 5.74) is 0.252. The molecule has 0 unspecified atom stereocenters. The van der Waals surface area contributed by atoms with Gasteiger partial charge in [0.1, 0.15) is 5.01 Å². The molecule has 0 atom stereocenters. The van der Waals surface area contributed by atoms with Crippen molar-refractivity contribution in [3.05, 3.63) is 28.6 Å². The maximum absolute atomic E-state index is 11.9. The van der Waals surface area contributed by atoms with Crippen molar-refractivity contribution in [1.82, 2.24) is 10.3 Å². The van der Waals surface area contributed by atoms with E-state index in [0.717, 1.165) is 35.6 Å². The van der Waals surface area contributed by atoms with Crippen LogP contribution in [0.4, 0.5) is 0 Å². The first-order chi connectivity index (χ1) is 10.7. The molecule has 1 N–H and O–H groups in total. The van der Waals surface area contributed by atoms with Gasteiger partial charge in [0.05, 0.1) is 4.88 Å². The Morgan fingerprint density at radius 1 is 1.32 bits per heavy atom. The Morgan fingerprint density at radius 3 is 2.86 bits per heavy atom. The number of thiophene rings is 1. The Morgan fingerprint density at radius 2 is 2.14 bits per heavy atom. The third-order valence-corrected chi connectivity index (χ3v) is 5.38. The maximum Gasteiger partial charge on any atom is 0.358 e. The van der Waals surface area contributed by atoms with Gasteiger partial charge in [0.25, 0.3) is 5.91 Å². The minimum absolute atomic E-state index is 0.232. The summed E-state index contributed by atoms with van der Waals surface area (Å²) in [4.78, 5) is 28.9. The molecule has 7 heteroatoms. The molecule has 1 aliphatic carbocycles. The van der Waals surface area contributed by atoms with E-state index in [0.29, 0.717) is 0 Å². The second-order valence-corrected chi connectivity index (χ2v) is 6.95. The van der Waals surface area contributed by atoms with Crippen LogP contribution in [-0.2, 0) is 9.53 Å². The van der Waals surface area contributed by atoms with Gasteiger partial charge in [0.2, 0.25) is 0 Å². The first-order valence-corrected chi connectivity index (χ1v) is 8.94. The summed E-state index contributed by atoms with van der Waals surface area (Å²) in [6.45, 7) is -0.249. The van der Waals surface area contributed by atoms with E-state index < -0.39 is 5.97 Å². The van der Waals surface area contributed by atoms with Crippen molar-refractivity contribution in [3.63, 3.8) is 0 Å². The highest BCUT2D eigenvalue weighted by Gasteiger charge is 2.19. The van der Waals surface area contributed by atoms with Crippen LogP contribution in [0.5, 0.6) is 0 Å². The van der Waals surface area contributed by atoms with Crippen LogP contribution in [-0.4, -0.2) is 29.5 Å². The minimum atomic E-state index is -0.555. The second kappa shape index (κ2) is 7.02. The van der Waals surface area contributed by atoms with Gasteiger partial charge < -0.3 is 10.1 Å². The zero-order valence-corrected chi connectivity index (χ0v) is 13.5. The zero-order chi connectivity index (χ0) is 15.4. The number of hydrogen-bond donors (Lipinski definition) is 1. The highest BCUT2D eigenvalue weighted by Crippen LogP contribution is 2.27. The topological polar surface area (TPSA) is 68.3 Å². The molecule has 5 nitrogen and oxygen atoms in total. The van der Waals surface area contributed by atoms with Crippen LogP contribution in [0, 0.1) is 0 Å². The fourth-order valence-corrected chi connectivity index (χ4v) is 4.03. The standard InChI is InChI=1S/C15H16N2O3S2/c18-13(16-10-4-1-2-5-10)8-20-15(19)11-9-22-14(17-11)12-6-3-7-21-12/h3,6-7,9-10H,1-2,4-5,8H2,(H,16,18). The number of carbonyl (C=O) groups is 2. The Kier molecular flexibility index (Phi) is 4.84. The number of hydrogen-bond acceptors (Lipinski definition) is 6. The summed E-state index contributed by atoms with van der Waals surface area (Å²) in [6, 6.07) is 4.12. The third kappa shape index (κ3) is 3.72. The smallest absolute Gasteiger partial charge is 0.358 e. The van der Waals surface area contributed by atoms with Crippen LogP contribution in [0.15, 0.2) is 22.9 Å². The number of aromatic nitrogens is 1. The number of esters is 1. The van der Waals surface area contributed by atoms with E-state index in [9.17, 15) is 9.59 Å². The first kappa shape index (κ1) is 15.2. The van der Waals surface area contributed by atoms with Gasteiger partial charge in [-0.15, -0.1) is 22.7 Å². The van der Waals surface area contributed by atoms with Gasteiger partial charge in [-0.05, 0) is 24.3 Å². The van der Waals surface area contributed by atoms with Gasteiger partial charge in [0, 0.05) is 11.4 Å². The molecule has 0 spiro atoms. The lowest BCUT2D eigenvalue weighted by atomic mass is 10.2. The van der Waals surface area contributed by atoms with Crippen LogP contribution in [0.3, 0.4) is 0 Å². The molecule has 1 fully saturated rings. The third-order valence-electron chi connectivity index (χ3n) is 3.50. The maximum atomic E-state index is 11.9. The molecular weight excluding hydrogens is 320 g/mol. The van der Waals surface area contributed by atoms with Crippen LogP contribution >= 0.6 is 22.7 Å². The molecule has 0 radical (unpaired) electrons. The normalized spacial score (nSPS) is 14.9. The quantitative estimate of drug-likeness (QED) is 0.852. The molecule has 1 amide bonds. The Balaban J connectivity index is 1.50. The van der Waals surface area contributed by atoms with Gasteiger partial charge in [0.15, 0.2) is 12.3 Å². The number of thiazole rings is 1. The van der Waals surface area contributed by atoms with Crippen molar-refractivity contribution in [3.8, 4) is 9.88 Å². The fourth-order valence-electron chi connectivity index (χ4n) is 2.43. The van der Waals surface area contributed by atoms with Gasteiger partial charge in [-0.25, -0.2) is 9.78 Å². The molecule has 3 rings (SSSR count). The number of nitrogens with one attached hydrogen (secondary N) is 1. The number of nitrogens with zero attached hydrogens (tertiary/aromatic N) is 1. The first-order valence-electron chi connectivity index (χ1n) is 7.18. The summed E-state index contributed by atoms with van der Waals surface area (Å²) in [5, 5.41) is 7.29. The van der Waals surface area contributed by atoms with Crippen LogP contribution < -0.4 is 5.32 Å². The van der Waals surface area contributed by atoms with E-state index in [1.165, 1.54) is 11.3 Å². The van der Waals surface area contributed by atoms with Crippen molar-refractivity contribution in [2.24, 2.45) is 0 Å². The lowest BCUT2D eigenvalue weighted by molar-refractivity contribution is -0.124. The molecule has 2 aromatic heterocycles. The molecule has 0 saturated heterocycles. The summed E-state index contributed by atoms with van der Waals surface area (Å²) in [5.74, 6) is -0.797. The van der Waals surface area contributed by atoms with E-state index in [1.807, 2.05) is 17.5 Å². The van der Waals surface area contributed by atoms with Crippen molar-refractivity contribution < 1.29 is 14.3 Å². The predicted molar refractivity (Wildman–Crippen MR) is 86.1 cm³/mol. The fraction of sp³-hybridized carbons (Fsp3) is 0.400. The zero-order valence-electron chi connectivity index (χ0n) is 11.9. The molecule has 22 heavy (non-hydrogen) atoms. The van der Waals surface area contributed by atoms with Gasteiger partial charge >= 0.3 is 5.97 Å². The minimum Gasteiger partial charge on any atom is -0.451 e. The average molecular weight is 336 g/mol. The summed E-state index contributed by atoms with van der Waals surface area (Å²) in [6.07, 6.45) is 4.32. The van der Waals surface area contributed by atoms with E-state index in [1.54, 1.807) is 16.7 Å². The Hall–Kier alpha value is -1.73. The van der Waals surface area contributed by atoms with E-state index in [-0.39, 0.29) is 24.2 Å². The van der Waals surface area contributed by atoms with Crippen LogP contribution in [0.2, 0.25) is 0 Å². The number of rotatable bonds is 5. The highest BCUT2D eigenvalue weighted by atomic mass is 32.1. The molecule has 1 saturated carbocycles. The second-order valence-electron chi connectivity index (χ2n) is 5.14. The molecular formula is C15H16N2O3S2. The molecule has 0 aliphatic heterocycles. The summed E-state index contributed by atoms with van der Waals surface area (Å²) < 4.78 is 5.03. The Labute approximate surface area is 136 Å². The average Bonchev–Trinajstić information content (AvgIpc) is 3.23. The van der Waals surface area contributed by atoms with Crippen molar-refractivity contribution in [2.75, 3.05) is 6.61 Å². The molecule has 2 heterocycles. The van der Waals surface area contributed by atoms with Crippen molar-refractivity contribution in [1.29, 1.82) is 0 Å². The lowest BCUT2D eigenvalue weighted by Crippen LogP contribution is -2.35. The highest BCUT2D eigenvalue weighted by molar-refractivity contribution is 7.20. The number of ether oxygens (including phenoxy) is 1. The molecule has 0 aromatic carbocycles.